The molecule has 1 atom stereocenters. The molecule has 1 fully saturated rings. The summed E-state index contributed by atoms with van der Waals surface area (Å²) in [6.45, 7) is 3.91. The molecular weight excluding hydrogens is 484 g/mol. The van der Waals surface area contributed by atoms with Gasteiger partial charge in [-0.1, -0.05) is 48.3 Å². The number of methoxy groups -OCH3 is 1. The summed E-state index contributed by atoms with van der Waals surface area (Å²) < 4.78 is 36.9. The molecule has 180 valence electrons. The number of carbonyl (C=O) groups excluding carboxylic acids is 1. The summed E-state index contributed by atoms with van der Waals surface area (Å²) in [5.74, 6) is -1.79. The van der Waals surface area contributed by atoms with Crippen molar-refractivity contribution in [3.05, 3.63) is 63.6 Å². The van der Waals surface area contributed by atoms with Crippen LogP contribution in [0.25, 0.3) is 0 Å². The number of amides is 1. The Balaban J connectivity index is 0.000000479. The van der Waals surface area contributed by atoms with Crippen molar-refractivity contribution in [1.82, 2.24) is 9.80 Å². The molecule has 2 aromatic carbocycles. The molecule has 1 unspecified atom stereocenters. The minimum Gasteiger partial charge on any atom is -0.497 e. The maximum absolute atomic E-state index is 12.6. The molecule has 0 aromatic heterocycles. The molecule has 0 bridgehead atoms. The Labute approximate surface area is 199 Å². The monoisotopic (exact) mass is 506 g/mol. The predicted molar refractivity (Wildman–Crippen MR) is 119 cm³/mol. The standard InChI is InChI=1S/C20H22Cl2N2O2.C2HF3O2/c1-3-23-13-19(25)24(11-10-14-4-7-16(26-2)8-5-14)20(23)15-6-9-17(21)18(22)12-15;3-2(4,5)1(6)7/h4-9,12,20H,3,10-11,13H2,1-2H3;(H,6,7). The van der Waals surface area contributed by atoms with E-state index in [1.165, 1.54) is 5.56 Å². The third kappa shape index (κ3) is 7.25. The lowest BCUT2D eigenvalue weighted by Gasteiger charge is -2.30. The van der Waals surface area contributed by atoms with Crippen LogP contribution in [0.3, 0.4) is 0 Å². The second-order valence-corrected chi connectivity index (χ2v) is 7.91. The van der Waals surface area contributed by atoms with Crippen LogP contribution in [0.2, 0.25) is 10.0 Å². The number of carboxylic acids is 1. The second-order valence-electron chi connectivity index (χ2n) is 7.10. The molecule has 0 aliphatic carbocycles. The molecule has 11 heteroatoms. The van der Waals surface area contributed by atoms with E-state index in [4.69, 9.17) is 37.8 Å². The van der Waals surface area contributed by atoms with E-state index in [1.807, 2.05) is 41.3 Å². The Morgan fingerprint density at radius 2 is 1.76 bits per heavy atom. The van der Waals surface area contributed by atoms with Gasteiger partial charge in [-0.05, 0) is 48.4 Å². The Morgan fingerprint density at radius 3 is 2.24 bits per heavy atom. The number of likely N-dealkylation sites (N-methyl/N-ethyl adjacent to an activating group) is 1. The first-order chi connectivity index (χ1) is 15.5. The molecular formula is C22H23Cl2F3N2O4. The van der Waals surface area contributed by atoms with E-state index in [9.17, 15) is 18.0 Å². The maximum Gasteiger partial charge on any atom is 0.490 e. The first-order valence-corrected chi connectivity index (χ1v) is 10.6. The van der Waals surface area contributed by atoms with E-state index in [1.54, 1.807) is 13.2 Å². The first-order valence-electron chi connectivity index (χ1n) is 9.89. The lowest BCUT2D eigenvalue weighted by atomic mass is 10.1. The number of benzene rings is 2. The molecule has 1 aliphatic rings. The molecule has 3 rings (SSSR count). The Kier molecular flexibility index (Phi) is 9.39. The third-order valence-electron chi connectivity index (χ3n) is 4.99. The van der Waals surface area contributed by atoms with E-state index in [0.717, 1.165) is 24.3 Å². The molecule has 2 aromatic rings. The van der Waals surface area contributed by atoms with E-state index in [0.29, 0.717) is 23.1 Å². The highest BCUT2D eigenvalue weighted by molar-refractivity contribution is 6.42. The summed E-state index contributed by atoms with van der Waals surface area (Å²) in [4.78, 5) is 25.6. The van der Waals surface area contributed by atoms with Crippen LogP contribution in [-0.2, 0) is 16.0 Å². The van der Waals surface area contributed by atoms with Crippen LogP contribution < -0.4 is 4.74 Å². The highest BCUT2D eigenvalue weighted by Gasteiger charge is 2.38. The molecule has 0 spiro atoms. The fourth-order valence-electron chi connectivity index (χ4n) is 3.32. The summed E-state index contributed by atoms with van der Waals surface area (Å²) in [7, 11) is 1.65. The highest BCUT2D eigenvalue weighted by atomic mass is 35.5. The lowest BCUT2D eigenvalue weighted by molar-refractivity contribution is -0.192. The number of rotatable bonds is 6. The Bertz CT molecular complexity index is 971. The summed E-state index contributed by atoms with van der Waals surface area (Å²) in [6, 6.07) is 13.5. The van der Waals surface area contributed by atoms with Gasteiger partial charge < -0.3 is 14.7 Å². The number of hydrogen-bond donors (Lipinski definition) is 1. The SMILES string of the molecule is CCN1CC(=O)N(CCc2ccc(OC)cc2)C1c1ccc(Cl)c(Cl)c1.O=C(O)C(F)(F)F. The molecule has 1 aliphatic heterocycles. The number of carboxylic acid groups (broad SMARTS) is 1. The zero-order valence-electron chi connectivity index (χ0n) is 17.9. The van der Waals surface area contributed by atoms with Gasteiger partial charge in [0.15, 0.2) is 0 Å². The van der Waals surface area contributed by atoms with Gasteiger partial charge in [0.05, 0.1) is 23.7 Å². The van der Waals surface area contributed by atoms with E-state index in [-0.39, 0.29) is 12.1 Å². The minimum atomic E-state index is -5.08. The van der Waals surface area contributed by atoms with Gasteiger partial charge in [0.1, 0.15) is 11.9 Å². The van der Waals surface area contributed by atoms with Gasteiger partial charge in [0, 0.05) is 6.54 Å². The van der Waals surface area contributed by atoms with Crippen LogP contribution in [0.5, 0.6) is 5.75 Å². The number of halogens is 5. The number of ether oxygens (including phenoxy) is 1. The largest absolute Gasteiger partial charge is 0.497 e. The average Bonchev–Trinajstić information content (AvgIpc) is 3.09. The number of hydrogen-bond acceptors (Lipinski definition) is 4. The molecule has 1 amide bonds. The van der Waals surface area contributed by atoms with Crippen molar-refractivity contribution in [3.8, 4) is 5.75 Å². The van der Waals surface area contributed by atoms with Crippen molar-refractivity contribution in [2.75, 3.05) is 26.7 Å². The molecule has 1 heterocycles. The topological polar surface area (TPSA) is 70.1 Å². The third-order valence-corrected chi connectivity index (χ3v) is 5.73. The van der Waals surface area contributed by atoms with E-state index < -0.39 is 12.1 Å². The zero-order chi connectivity index (χ0) is 24.8. The molecule has 6 nitrogen and oxygen atoms in total. The van der Waals surface area contributed by atoms with Crippen molar-refractivity contribution in [3.63, 3.8) is 0 Å². The fourth-order valence-corrected chi connectivity index (χ4v) is 3.63. The first kappa shape index (κ1) is 26.8. The fraction of sp³-hybridized carbons (Fsp3) is 0.364. The molecule has 0 saturated carbocycles. The molecule has 0 radical (unpaired) electrons. The summed E-state index contributed by atoms with van der Waals surface area (Å²) in [5.41, 5.74) is 2.16. The van der Waals surface area contributed by atoms with Gasteiger partial charge in [-0.15, -0.1) is 0 Å². The summed E-state index contributed by atoms with van der Waals surface area (Å²) >= 11 is 12.3. The zero-order valence-corrected chi connectivity index (χ0v) is 19.4. The molecule has 1 saturated heterocycles. The highest BCUT2D eigenvalue weighted by Crippen LogP contribution is 2.34. The quantitative estimate of drug-likeness (QED) is 0.594. The van der Waals surface area contributed by atoms with Gasteiger partial charge in [-0.3, -0.25) is 9.69 Å². The molecule has 33 heavy (non-hydrogen) atoms. The summed E-state index contributed by atoms with van der Waals surface area (Å²) in [6.07, 6.45) is -4.41. The van der Waals surface area contributed by atoms with Crippen molar-refractivity contribution >= 4 is 35.1 Å². The average molecular weight is 507 g/mol. The summed E-state index contributed by atoms with van der Waals surface area (Å²) in [5, 5.41) is 8.15. The molecule has 1 N–H and O–H groups in total. The van der Waals surface area contributed by atoms with Crippen LogP contribution in [0.15, 0.2) is 42.5 Å². The maximum atomic E-state index is 12.6. The van der Waals surface area contributed by atoms with E-state index >= 15 is 0 Å². The normalized spacial score (nSPS) is 16.4. The van der Waals surface area contributed by atoms with E-state index in [2.05, 4.69) is 11.8 Å². The number of aliphatic carboxylic acids is 1. The predicted octanol–water partition coefficient (Wildman–Crippen LogP) is 5.04. The van der Waals surface area contributed by atoms with Crippen molar-refractivity contribution in [2.24, 2.45) is 0 Å². The van der Waals surface area contributed by atoms with Crippen LogP contribution in [0, 0.1) is 0 Å². The number of carbonyl (C=O) groups is 2. The van der Waals surface area contributed by atoms with Crippen molar-refractivity contribution in [1.29, 1.82) is 0 Å². The van der Waals surface area contributed by atoms with Gasteiger partial charge in [-0.2, -0.15) is 13.2 Å². The van der Waals surface area contributed by atoms with Crippen LogP contribution in [-0.4, -0.2) is 59.7 Å². The second kappa shape index (κ2) is 11.6. The van der Waals surface area contributed by atoms with Gasteiger partial charge in [0.2, 0.25) is 5.91 Å². The van der Waals surface area contributed by atoms with Gasteiger partial charge in [0.25, 0.3) is 0 Å². The van der Waals surface area contributed by atoms with Gasteiger partial charge >= 0.3 is 12.1 Å². The van der Waals surface area contributed by atoms with Crippen LogP contribution in [0.1, 0.15) is 24.2 Å². The smallest absolute Gasteiger partial charge is 0.490 e. The Hall–Kier alpha value is -2.49. The van der Waals surface area contributed by atoms with Crippen LogP contribution >= 0.6 is 23.2 Å². The van der Waals surface area contributed by atoms with Crippen molar-refractivity contribution in [2.45, 2.75) is 25.7 Å². The van der Waals surface area contributed by atoms with Crippen molar-refractivity contribution < 1.29 is 32.6 Å². The van der Waals surface area contributed by atoms with Crippen LogP contribution in [0.4, 0.5) is 13.2 Å². The Morgan fingerprint density at radius 1 is 1.15 bits per heavy atom. The lowest BCUT2D eigenvalue weighted by Crippen LogP contribution is -2.33. The number of nitrogens with zero attached hydrogens (tertiary/aromatic N) is 2. The number of alkyl halides is 3. The minimum absolute atomic E-state index is 0.111. The van der Waals surface area contributed by atoms with Gasteiger partial charge in [-0.25, -0.2) is 4.79 Å².